The van der Waals surface area contributed by atoms with E-state index < -0.39 is 11.7 Å². The summed E-state index contributed by atoms with van der Waals surface area (Å²) in [5.41, 5.74) is 1.41. The van der Waals surface area contributed by atoms with Crippen molar-refractivity contribution < 1.29 is 9.53 Å². The number of hydrogen-bond donors (Lipinski definition) is 1. The van der Waals surface area contributed by atoms with Gasteiger partial charge in [-0.05, 0) is 58.9 Å². The summed E-state index contributed by atoms with van der Waals surface area (Å²) in [7, 11) is 0. The van der Waals surface area contributed by atoms with E-state index in [1.807, 2.05) is 45.0 Å². The van der Waals surface area contributed by atoms with Crippen LogP contribution in [0.25, 0.3) is 0 Å². The smallest absolute Gasteiger partial charge is 0.412 e. The molecule has 1 aromatic rings. The van der Waals surface area contributed by atoms with Gasteiger partial charge in [0, 0.05) is 24.5 Å². The predicted molar refractivity (Wildman–Crippen MR) is 79.9 cm³/mol. The Morgan fingerprint density at radius 2 is 1.68 bits per heavy atom. The van der Waals surface area contributed by atoms with Crippen molar-refractivity contribution in [2.45, 2.75) is 40.2 Å². The lowest BCUT2D eigenvalue weighted by atomic mass is 10.2. The molecule has 19 heavy (non-hydrogen) atoms. The number of nitrogens with zero attached hydrogens (tertiary/aromatic N) is 1. The first-order chi connectivity index (χ1) is 8.85. The maximum Gasteiger partial charge on any atom is 0.412 e. The molecule has 0 saturated heterocycles. The number of carbonyl (C=O) groups excluding carboxylic acids is 1. The molecule has 0 aliphatic rings. The molecule has 0 fully saturated rings. The lowest BCUT2D eigenvalue weighted by molar-refractivity contribution is 0.0636. The quantitative estimate of drug-likeness (QED) is 0.897. The summed E-state index contributed by atoms with van der Waals surface area (Å²) in [5.74, 6) is 0. The largest absolute Gasteiger partial charge is 0.444 e. The van der Waals surface area contributed by atoms with Gasteiger partial charge in [-0.1, -0.05) is 0 Å². The van der Waals surface area contributed by atoms with Gasteiger partial charge in [0.05, 0.1) is 0 Å². The summed E-state index contributed by atoms with van der Waals surface area (Å²) in [6.45, 7) is 11.7. The standard InChI is InChI=1S/C15H24N2O2/c1-6-17(7-2)13-10-8-12(9-11-13)16-14(18)19-15(3,4)5/h8-11H,6-7H2,1-5H3,(H,16,18). The number of hydrogen-bond acceptors (Lipinski definition) is 3. The Hall–Kier alpha value is -1.71. The molecule has 0 aromatic heterocycles. The normalized spacial score (nSPS) is 11.0. The minimum Gasteiger partial charge on any atom is -0.444 e. The van der Waals surface area contributed by atoms with Crippen LogP contribution in [0.4, 0.5) is 16.2 Å². The van der Waals surface area contributed by atoms with Crippen LogP contribution >= 0.6 is 0 Å². The molecule has 0 heterocycles. The van der Waals surface area contributed by atoms with E-state index in [9.17, 15) is 4.79 Å². The third kappa shape index (κ3) is 5.20. The highest BCUT2D eigenvalue weighted by molar-refractivity contribution is 5.85. The Bertz CT molecular complexity index is 403. The monoisotopic (exact) mass is 264 g/mol. The second-order valence-electron chi connectivity index (χ2n) is 5.35. The van der Waals surface area contributed by atoms with Gasteiger partial charge in [-0.2, -0.15) is 0 Å². The highest BCUT2D eigenvalue weighted by Crippen LogP contribution is 2.18. The van der Waals surface area contributed by atoms with Gasteiger partial charge in [-0.25, -0.2) is 4.79 Å². The van der Waals surface area contributed by atoms with Crippen LogP contribution in [0.15, 0.2) is 24.3 Å². The van der Waals surface area contributed by atoms with Crippen LogP contribution in [0.2, 0.25) is 0 Å². The molecule has 0 spiro atoms. The predicted octanol–water partition coefficient (Wildman–Crippen LogP) is 3.88. The maximum absolute atomic E-state index is 11.6. The van der Waals surface area contributed by atoms with Gasteiger partial charge in [-0.3, -0.25) is 5.32 Å². The summed E-state index contributed by atoms with van der Waals surface area (Å²) in [6, 6.07) is 7.77. The van der Waals surface area contributed by atoms with Crippen molar-refractivity contribution in [1.82, 2.24) is 0 Å². The molecule has 106 valence electrons. The fraction of sp³-hybridized carbons (Fsp3) is 0.533. The number of ether oxygens (including phenoxy) is 1. The molecular weight excluding hydrogens is 240 g/mol. The van der Waals surface area contributed by atoms with E-state index in [-0.39, 0.29) is 0 Å². The molecule has 4 nitrogen and oxygen atoms in total. The van der Waals surface area contributed by atoms with Crippen molar-refractivity contribution in [2.75, 3.05) is 23.3 Å². The summed E-state index contributed by atoms with van der Waals surface area (Å²) in [5, 5.41) is 2.72. The molecule has 0 bridgehead atoms. The molecule has 0 aliphatic carbocycles. The van der Waals surface area contributed by atoms with Gasteiger partial charge >= 0.3 is 6.09 Å². The molecule has 1 amide bonds. The van der Waals surface area contributed by atoms with Gasteiger partial charge < -0.3 is 9.64 Å². The van der Waals surface area contributed by atoms with E-state index >= 15 is 0 Å². The first-order valence-corrected chi connectivity index (χ1v) is 6.70. The number of benzene rings is 1. The molecule has 0 saturated carbocycles. The van der Waals surface area contributed by atoms with E-state index in [0.29, 0.717) is 0 Å². The highest BCUT2D eigenvalue weighted by Gasteiger charge is 2.16. The zero-order valence-corrected chi connectivity index (χ0v) is 12.5. The van der Waals surface area contributed by atoms with Crippen LogP contribution in [-0.4, -0.2) is 24.8 Å². The van der Waals surface area contributed by atoms with Gasteiger partial charge in [0.15, 0.2) is 0 Å². The van der Waals surface area contributed by atoms with Crippen LogP contribution in [0.3, 0.4) is 0 Å². The average molecular weight is 264 g/mol. The maximum atomic E-state index is 11.6. The molecule has 0 aliphatic heterocycles. The summed E-state index contributed by atoms with van der Waals surface area (Å²) in [4.78, 5) is 13.9. The van der Waals surface area contributed by atoms with Crippen molar-refractivity contribution in [3.63, 3.8) is 0 Å². The molecule has 1 N–H and O–H groups in total. The van der Waals surface area contributed by atoms with Gasteiger partial charge in [0.1, 0.15) is 5.60 Å². The number of rotatable bonds is 4. The molecule has 0 radical (unpaired) electrons. The highest BCUT2D eigenvalue weighted by atomic mass is 16.6. The minimum atomic E-state index is -0.481. The third-order valence-corrected chi connectivity index (χ3v) is 2.64. The molecule has 0 unspecified atom stereocenters. The first kappa shape index (κ1) is 15.3. The number of amides is 1. The number of carbonyl (C=O) groups is 1. The Morgan fingerprint density at radius 3 is 2.11 bits per heavy atom. The van der Waals surface area contributed by atoms with Crippen molar-refractivity contribution in [2.24, 2.45) is 0 Å². The van der Waals surface area contributed by atoms with E-state index in [1.165, 1.54) is 0 Å². The van der Waals surface area contributed by atoms with Gasteiger partial charge in [0.25, 0.3) is 0 Å². The van der Waals surface area contributed by atoms with Crippen LogP contribution in [-0.2, 0) is 4.74 Å². The van der Waals surface area contributed by atoms with Crippen LogP contribution in [0.1, 0.15) is 34.6 Å². The van der Waals surface area contributed by atoms with Crippen molar-refractivity contribution >= 4 is 17.5 Å². The summed E-state index contributed by atoms with van der Waals surface area (Å²) >= 11 is 0. The summed E-state index contributed by atoms with van der Waals surface area (Å²) < 4.78 is 5.20. The van der Waals surface area contributed by atoms with Gasteiger partial charge in [0.2, 0.25) is 0 Å². The van der Waals surface area contributed by atoms with Crippen LogP contribution < -0.4 is 10.2 Å². The zero-order chi connectivity index (χ0) is 14.5. The molecule has 0 atom stereocenters. The van der Waals surface area contributed by atoms with Gasteiger partial charge in [-0.15, -0.1) is 0 Å². The van der Waals surface area contributed by atoms with E-state index in [4.69, 9.17) is 4.74 Å². The van der Waals surface area contributed by atoms with E-state index in [1.54, 1.807) is 0 Å². The lowest BCUT2D eigenvalue weighted by Gasteiger charge is -2.22. The minimum absolute atomic E-state index is 0.428. The zero-order valence-electron chi connectivity index (χ0n) is 12.5. The summed E-state index contributed by atoms with van der Waals surface area (Å²) in [6.07, 6.45) is -0.428. The van der Waals surface area contributed by atoms with Crippen LogP contribution in [0.5, 0.6) is 0 Å². The Balaban J connectivity index is 2.64. The van der Waals surface area contributed by atoms with E-state index in [0.717, 1.165) is 24.5 Å². The van der Waals surface area contributed by atoms with Crippen LogP contribution in [0, 0.1) is 0 Å². The second-order valence-corrected chi connectivity index (χ2v) is 5.35. The third-order valence-electron chi connectivity index (χ3n) is 2.64. The number of nitrogens with one attached hydrogen (secondary N) is 1. The Labute approximate surface area is 115 Å². The SMILES string of the molecule is CCN(CC)c1ccc(NC(=O)OC(C)(C)C)cc1. The first-order valence-electron chi connectivity index (χ1n) is 6.70. The Kier molecular flexibility index (Phi) is 5.21. The number of anilines is 2. The second kappa shape index (κ2) is 6.45. The van der Waals surface area contributed by atoms with E-state index in [2.05, 4.69) is 24.1 Å². The molecule has 1 aromatic carbocycles. The molecule has 1 rings (SSSR count). The van der Waals surface area contributed by atoms with Crippen molar-refractivity contribution in [3.05, 3.63) is 24.3 Å². The molecule has 4 heteroatoms. The topological polar surface area (TPSA) is 41.6 Å². The lowest BCUT2D eigenvalue weighted by Crippen LogP contribution is -2.27. The average Bonchev–Trinajstić information content (AvgIpc) is 2.30. The van der Waals surface area contributed by atoms with Crippen molar-refractivity contribution in [3.8, 4) is 0 Å². The Morgan fingerprint density at radius 1 is 1.16 bits per heavy atom. The fourth-order valence-electron chi connectivity index (χ4n) is 1.77. The fourth-order valence-corrected chi connectivity index (χ4v) is 1.77. The van der Waals surface area contributed by atoms with Crippen molar-refractivity contribution in [1.29, 1.82) is 0 Å². The molecular formula is C15H24N2O2.